The Hall–Kier alpha value is -1.72. The maximum absolute atomic E-state index is 13.8. The van der Waals surface area contributed by atoms with Gasteiger partial charge in [-0.2, -0.15) is 0 Å². The van der Waals surface area contributed by atoms with E-state index in [9.17, 15) is 19.2 Å². The van der Waals surface area contributed by atoms with Crippen molar-refractivity contribution in [2.24, 2.45) is 46.8 Å². The van der Waals surface area contributed by atoms with Crippen molar-refractivity contribution in [1.82, 2.24) is 9.80 Å². The topological polar surface area (TPSA) is 74.8 Å². The molecular formula is C34H54N2O4. The molecule has 5 fully saturated rings. The van der Waals surface area contributed by atoms with Gasteiger partial charge in [0.2, 0.25) is 23.6 Å². The lowest BCUT2D eigenvalue weighted by molar-refractivity contribution is -0.147. The zero-order valence-electron chi connectivity index (χ0n) is 26.0. The molecule has 3 aliphatic carbocycles. The van der Waals surface area contributed by atoms with E-state index in [0.29, 0.717) is 23.2 Å². The number of likely N-dealkylation sites (tertiary alicyclic amines) is 2. The van der Waals surface area contributed by atoms with Gasteiger partial charge in [-0.05, 0) is 107 Å². The third-order valence-electron chi connectivity index (χ3n) is 13.4. The van der Waals surface area contributed by atoms with Gasteiger partial charge in [0, 0.05) is 11.6 Å². The number of hydrogen-bond acceptors (Lipinski definition) is 4. The Labute approximate surface area is 242 Å². The van der Waals surface area contributed by atoms with Gasteiger partial charge >= 0.3 is 0 Å². The van der Waals surface area contributed by atoms with Crippen LogP contribution < -0.4 is 0 Å². The van der Waals surface area contributed by atoms with Gasteiger partial charge in [-0.15, -0.1) is 0 Å². The normalized spacial score (nSPS) is 37.2. The van der Waals surface area contributed by atoms with Gasteiger partial charge in [0.25, 0.3) is 0 Å². The van der Waals surface area contributed by atoms with Crippen LogP contribution in [-0.4, -0.2) is 45.0 Å². The van der Waals surface area contributed by atoms with Gasteiger partial charge in [0.1, 0.15) is 0 Å². The molecule has 5 aliphatic rings. The predicted molar refractivity (Wildman–Crippen MR) is 156 cm³/mol. The first-order valence-corrected chi connectivity index (χ1v) is 16.8. The second kappa shape index (κ2) is 11.2. The van der Waals surface area contributed by atoms with Crippen molar-refractivity contribution in [1.29, 1.82) is 0 Å². The molecule has 4 amide bonds. The Bertz CT molecular complexity index is 1010. The lowest BCUT2D eigenvalue weighted by atomic mass is 9.64. The van der Waals surface area contributed by atoms with E-state index in [1.807, 2.05) is 6.92 Å². The lowest BCUT2D eigenvalue weighted by Crippen LogP contribution is -2.49. The van der Waals surface area contributed by atoms with Crippen LogP contribution in [0.15, 0.2) is 0 Å². The van der Waals surface area contributed by atoms with E-state index in [2.05, 4.69) is 34.6 Å². The summed E-state index contributed by atoms with van der Waals surface area (Å²) < 4.78 is 0. The molecule has 40 heavy (non-hydrogen) atoms. The molecular weight excluding hydrogens is 500 g/mol. The van der Waals surface area contributed by atoms with Gasteiger partial charge in [0.05, 0.1) is 23.7 Å². The quantitative estimate of drug-likeness (QED) is 0.311. The fraction of sp³-hybridized carbons (Fsp3) is 0.882. The third-order valence-corrected chi connectivity index (χ3v) is 13.4. The van der Waals surface area contributed by atoms with E-state index in [-0.39, 0.29) is 53.3 Å². The first-order valence-electron chi connectivity index (χ1n) is 16.8. The predicted octanol–water partition coefficient (Wildman–Crippen LogP) is 6.75. The number of hydrogen-bond donors (Lipinski definition) is 0. The lowest BCUT2D eigenvalue weighted by Gasteiger charge is -2.42. The molecule has 0 N–H and O–H groups in total. The maximum Gasteiger partial charge on any atom is 0.233 e. The van der Waals surface area contributed by atoms with Crippen molar-refractivity contribution < 1.29 is 19.2 Å². The van der Waals surface area contributed by atoms with E-state index >= 15 is 0 Å². The molecule has 3 saturated carbocycles. The minimum Gasteiger partial charge on any atom is -0.279 e. The summed E-state index contributed by atoms with van der Waals surface area (Å²) in [5, 5.41) is 0. The molecule has 6 nitrogen and oxygen atoms in total. The molecule has 0 bridgehead atoms. The number of carbonyl (C=O) groups is 4. The van der Waals surface area contributed by atoms with Crippen LogP contribution in [0.2, 0.25) is 0 Å². The van der Waals surface area contributed by atoms with Gasteiger partial charge < -0.3 is 0 Å². The summed E-state index contributed by atoms with van der Waals surface area (Å²) in [5.74, 6) is 0.984. The summed E-state index contributed by atoms with van der Waals surface area (Å²) in [5.41, 5.74) is -0.0394. The average molecular weight is 555 g/mol. The number of rotatable bonds is 8. The summed E-state index contributed by atoms with van der Waals surface area (Å²) in [6, 6.07) is 0.0771. The number of imide groups is 2. The first kappa shape index (κ1) is 29.8. The van der Waals surface area contributed by atoms with E-state index in [1.54, 1.807) is 9.80 Å². The SMILES string of the molecule is CCC(C)(CC)C1CCC(N2C(=O)C3CCC(C4CCC5C(=O)N(C(C)(CC)CC)C(=O)C5C4)CC3C2=O)CC1. The Morgan fingerprint density at radius 3 is 1.52 bits per heavy atom. The molecule has 0 spiro atoms. The summed E-state index contributed by atoms with van der Waals surface area (Å²) in [6.07, 6.45) is 13.1. The second-order valence-corrected chi connectivity index (χ2v) is 14.7. The van der Waals surface area contributed by atoms with Gasteiger partial charge in [-0.25, -0.2) is 0 Å². The number of nitrogens with zero attached hydrogens (tertiary/aromatic N) is 2. The Kier molecular flexibility index (Phi) is 8.31. The van der Waals surface area contributed by atoms with Crippen molar-refractivity contribution in [2.45, 2.75) is 143 Å². The van der Waals surface area contributed by atoms with Crippen LogP contribution in [0.1, 0.15) is 131 Å². The van der Waals surface area contributed by atoms with Crippen LogP contribution >= 0.6 is 0 Å². The van der Waals surface area contributed by atoms with Crippen molar-refractivity contribution in [3.63, 3.8) is 0 Å². The Morgan fingerprint density at radius 1 is 0.575 bits per heavy atom. The van der Waals surface area contributed by atoms with Crippen LogP contribution in [0.4, 0.5) is 0 Å². The molecule has 0 aromatic carbocycles. The summed E-state index contributed by atoms with van der Waals surface area (Å²) in [6.45, 7) is 13.2. The second-order valence-electron chi connectivity index (χ2n) is 14.7. The van der Waals surface area contributed by atoms with Crippen molar-refractivity contribution in [2.75, 3.05) is 0 Å². The average Bonchev–Trinajstić information content (AvgIpc) is 3.39. The molecule has 2 saturated heterocycles. The van der Waals surface area contributed by atoms with E-state index in [4.69, 9.17) is 0 Å². The van der Waals surface area contributed by atoms with Crippen molar-refractivity contribution in [3.05, 3.63) is 0 Å². The highest BCUT2D eigenvalue weighted by atomic mass is 16.2. The Balaban J connectivity index is 1.22. The third kappa shape index (κ3) is 4.68. The zero-order chi connectivity index (χ0) is 29.0. The Morgan fingerprint density at radius 2 is 1.02 bits per heavy atom. The maximum atomic E-state index is 13.8. The number of amides is 4. The molecule has 6 unspecified atom stereocenters. The molecule has 6 atom stereocenters. The van der Waals surface area contributed by atoms with E-state index in [1.165, 1.54) is 12.8 Å². The van der Waals surface area contributed by atoms with Gasteiger partial charge in [0.15, 0.2) is 0 Å². The fourth-order valence-electron chi connectivity index (χ4n) is 9.62. The molecule has 2 heterocycles. The van der Waals surface area contributed by atoms with Crippen molar-refractivity contribution >= 4 is 23.6 Å². The fourth-order valence-corrected chi connectivity index (χ4v) is 9.62. The highest BCUT2D eigenvalue weighted by Gasteiger charge is 2.57. The molecule has 6 heteroatoms. The molecule has 224 valence electrons. The van der Waals surface area contributed by atoms with Crippen molar-refractivity contribution in [3.8, 4) is 0 Å². The summed E-state index contributed by atoms with van der Waals surface area (Å²) >= 11 is 0. The van der Waals surface area contributed by atoms with Crippen LogP contribution in [0.25, 0.3) is 0 Å². The summed E-state index contributed by atoms with van der Waals surface area (Å²) in [7, 11) is 0. The van der Waals surface area contributed by atoms with E-state index < -0.39 is 5.54 Å². The highest BCUT2D eigenvalue weighted by molar-refractivity contribution is 6.06. The molecule has 2 aliphatic heterocycles. The van der Waals surface area contributed by atoms with Crippen LogP contribution in [0.3, 0.4) is 0 Å². The minimum absolute atomic E-state index is 0.0377. The monoisotopic (exact) mass is 554 g/mol. The van der Waals surface area contributed by atoms with Crippen LogP contribution in [0, 0.1) is 46.8 Å². The van der Waals surface area contributed by atoms with Gasteiger partial charge in [-0.1, -0.05) is 47.5 Å². The summed E-state index contributed by atoms with van der Waals surface area (Å²) in [4.78, 5) is 57.6. The molecule has 0 aromatic heterocycles. The first-order chi connectivity index (χ1) is 19.0. The van der Waals surface area contributed by atoms with Gasteiger partial charge in [-0.3, -0.25) is 29.0 Å². The molecule has 0 radical (unpaired) electrons. The zero-order valence-corrected chi connectivity index (χ0v) is 26.0. The highest BCUT2D eigenvalue weighted by Crippen LogP contribution is 2.52. The van der Waals surface area contributed by atoms with Crippen LogP contribution in [0.5, 0.6) is 0 Å². The molecule has 5 rings (SSSR count). The largest absolute Gasteiger partial charge is 0.279 e. The number of fused-ring (bicyclic) bond motifs is 2. The molecule has 0 aromatic rings. The minimum atomic E-state index is -0.399. The van der Waals surface area contributed by atoms with E-state index in [0.717, 1.165) is 77.0 Å². The van der Waals surface area contributed by atoms with Crippen LogP contribution in [-0.2, 0) is 19.2 Å². The smallest absolute Gasteiger partial charge is 0.233 e. The number of carbonyl (C=O) groups excluding carboxylic acids is 4. The standard InChI is InChI=1S/C34H54N2O4/c1-7-33(5,8-2)23-13-15-24(16-14-23)35-29(37)25-17-11-21(19-27(25)30(35)38)22-12-18-26-28(20-22)32(40)36(31(26)39)34(6,9-3)10-4/h21-28H,7-20H2,1-6H3.